The number of rotatable bonds is 2. The second-order valence-electron chi connectivity index (χ2n) is 4.68. The van der Waals surface area contributed by atoms with Crippen LogP contribution in [0.5, 0.6) is 11.5 Å². The molecule has 0 aliphatic rings. The van der Waals surface area contributed by atoms with Gasteiger partial charge in [-0.25, -0.2) is 0 Å². The minimum atomic E-state index is 0.500. The molecule has 0 N–H and O–H groups in total. The lowest BCUT2D eigenvalue weighted by Gasteiger charge is -2.13. The number of hydrogen-bond acceptors (Lipinski definition) is 3. The quantitative estimate of drug-likeness (QED) is 0.604. The highest BCUT2D eigenvalue weighted by molar-refractivity contribution is 5.45. The van der Waals surface area contributed by atoms with Gasteiger partial charge in [-0.05, 0) is 74.2 Å². The molecular formula is C18H18N2O3-2. The lowest BCUT2D eigenvalue weighted by Crippen LogP contribution is -1.93. The van der Waals surface area contributed by atoms with E-state index in [4.69, 9.17) is 25.1 Å². The first-order chi connectivity index (χ1) is 10.9. The molecule has 5 heteroatoms. The van der Waals surface area contributed by atoms with Crippen LogP contribution >= 0.6 is 0 Å². The fourth-order valence-corrected chi connectivity index (χ4v) is 1.79. The Morgan fingerprint density at radius 1 is 0.739 bits per heavy atom. The topological polar surface area (TPSA) is 88.0 Å². The van der Waals surface area contributed by atoms with Crippen LogP contribution in [-0.2, 0) is 9.59 Å². The van der Waals surface area contributed by atoms with Gasteiger partial charge in [-0.3, -0.25) is 9.59 Å². The van der Waals surface area contributed by atoms with Crippen molar-refractivity contribution < 1.29 is 14.3 Å². The molecule has 0 aromatic heterocycles. The molecule has 0 spiro atoms. The average Bonchev–Trinajstić information content (AvgIpc) is 2.50. The van der Waals surface area contributed by atoms with Crippen molar-refractivity contribution in [3.8, 4) is 11.5 Å². The van der Waals surface area contributed by atoms with E-state index in [9.17, 15) is 0 Å². The van der Waals surface area contributed by atoms with Crippen LogP contribution in [0.1, 0.15) is 22.3 Å². The smallest absolute Gasteiger partial charge is 0.130 e. The van der Waals surface area contributed by atoms with E-state index in [-0.39, 0.29) is 0 Å². The monoisotopic (exact) mass is 310 g/mol. The van der Waals surface area contributed by atoms with Gasteiger partial charge in [-0.1, -0.05) is 24.3 Å². The van der Waals surface area contributed by atoms with Crippen LogP contribution in [0.3, 0.4) is 0 Å². The zero-order chi connectivity index (χ0) is 17.8. The number of ether oxygens (including phenoxy) is 1. The molecule has 0 bridgehead atoms. The Balaban J connectivity index is 0.000000704. The average molecular weight is 310 g/mol. The molecular weight excluding hydrogens is 292 g/mol. The first-order valence-corrected chi connectivity index (χ1v) is 6.75. The summed E-state index contributed by atoms with van der Waals surface area (Å²) in [6.45, 7) is 8.39. The van der Waals surface area contributed by atoms with Gasteiger partial charge in [-0.15, -0.1) is 0 Å². The summed E-state index contributed by atoms with van der Waals surface area (Å²) in [7, 11) is 0. The lowest BCUT2D eigenvalue weighted by atomic mass is 10.1. The third-order valence-electron chi connectivity index (χ3n) is 3.33. The van der Waals surface area contributed by atoms with Gasteiger partial charge < -0.3 is 15.6 Å². The van der Waals surface area contributed by atoms with Crippen LogP contribution in [0.4, 0.5) is 0 Å². The molecule has 0 saturated carbocycles. The van der Waals surface area contributed by atoms with E-state index in [1.807, 2.05) is 24.3 Å². The summed E-state index contributed by atoms with van der Waals surface area (Å²) < 4.78 is 6.00. The first kappa shape index (κ1) is 20.0. The Morgan fingerprint density at radius 3 is 1.35 bits per heavy atom. The molecule has 2 rings (SSSR count). The van der Waals surface area contributed by atoms with E-state index in [1.165, 1.54) is 22.3 Å². The molecule has 0 atom stereocenters. The van der Waals surface area contributed by atoms with Gasteiger partial charge in [0.25, 0.3) is 0 Å². The Hall–Kier alpha value is -3.00. The molecule has 2 aromatic rings. The van der Waals surface area contributed by atoms with Crippen molar-refractivity contribution in [3.63, 3.8) is 0 Å². The Kier molecular flexibility index (Phi) is 9.29. The zero-order valence-electron chi connectivity index (χ0n) is 13.6. The van der Waals surface area contributed by atoms with E-state index in [1.54, 1.807) is 0 Å². The van der Waals surface area contributed by atoms with E-state index < -0.39 is 0 Å². The molecule has 0 radical (unpaired) electrons. The van der Waals surface area contributed by atoms with E-state index in [2.05, 4.69) is 39.8 Å². The SMILES string of the molecule is Cc1cccc(Oc2cccc(C)c2C)c1C.[N-]=C=O.[N-]=C=O. The summed E-state index contributed by atoms with van der Waals surface area (Å²) in [6.07, 6.45) is 1.00. The number of aryl methyl sites for hydroxylation is 2. The van der Waals surface area contributed by atoms with Crippen molar-refractivity contribution in [2.24, 2.45) is 0 Å². The van der Waals surface area contributed by atoms with Gasteiger partial charge in [0.05, 0.1) is 0 Å². The van der Waals surface area contributed by atoms with Crippen LogP contribution in [0.15, 0.2) is 36.4 Å². The molecule has 0 amide bonds. The largest absolute Gasteiger partial charge is 0.724 e. The highest BCUT2D eigenvalue weighted by Crippen LogP contribution is 2.30. The Morgan fingerprint density at radius 2 is 1.04 bits per heavy atom. The predicted octanol–water partition coefficient (Wildman–Crippen LogP) is 4.50. The van der Waals surface area contributed by atoms with E-state index in [0.29, 0.717) is 12.2 Å². The van der Waals surface area contributed by atoms with Crippen molar-refractivity contribution in [2.45, 2.75) is 27.7 Å². The molecule has 0 heterocycles. The van der Waals surface area contributed by atoms with Crippen molar-refractivity contribution in [1.82, 2.24) is 0 Å². The number of hydrogen-bond donors (Lipinski definition) is 0. The van der Waals surface area contributed by atoms with Crippen molar-refractivity contribution >= 4 is 12.2 Å². The van der Waals surface area contributed by atoms with E-state index >= 15 is 0 Å². The van der Waals surface area contributed by atoms with Crippen LogP contribution < -0.4 is 4.74 Å². The molecule has 0 aliphatic carbocycles. The molecule has 2 aromatic carbocycles. The van der Waals surface area contributed by atoms with Gasteiger partial charge in [0.1, 0.15) is 11.5 Å². The normalized spacial score (nSPS) is 8.35. The fraction of sp³-hybridized carbons (Fsp3) is 0.222. The second kappa shape index (κ2) is 10.7. The maximum absolute atomic E-state index is 8.24. The van der Waals surface area contributed by atoms with Crippen LogP contribution in [-0.4, -0.2) is 12.2 Å². The fourth-order valence-electron chi connectivity index (χ4n) is 1.79. The summed E-state index contributed by atoms with van der Waals surface area (Å²) in [6, 6.07) is 12.3. The summed E-state index contributed by atoms with van der Waals surface area (Å²) >= 11 is 0. The summed E-state index contributed by atoms with van der Waals surface area (Å²) in [5, 5.41) is 13.5. The van der Waals surface area contributed by atoms with Crippen molar-refractivity contribution in [2.75, 3.05) is 0 Å². The molecule has 0 fully saturated rings. The highest BCUT2D eigenvalue weighted by Gasteiger charge is 2.06. The maximum atomic E-state index is 8.24. The number of isocyanates is 2. The molecule has 5 nitrogen and oxygen atoms in total. The Bertz CT molecular complexity index is 651. The van der Waals surface area contributed by atoms with Gasteiger partial charge in [0.2, 0.25) is 0 Å². The molecule has 0 unspecified atom stereocenters. The summed E-state index contributed by atoms with van der Waals surface area (Å²) in [5.74, 6) is 1.89. The number of nitrogens with zero attached hydrogens (tertiary/aromatic N) is 2. The molecule has 23 heavy (non-hydrogen) atoms. The minimum Gasteiger partial charge on any atom is -0.724 e. The maximum Gasteiger partial charge on any atom is 0.130 e. The number of carbonyl (C=O) groups excluding carboxylic acids is 2. The van der Waals surface area contributed by atoms with Gasteiger partial charge in [0, 0.05) is 0 Å². The van der Waals surface area contributed by atoms with Gasteiger partial charge in [0.15, 0.2) is 0 Å². The third kappa shape index (κ3) is 6.53. The highest BCUT2D eigenvalue weighted by atomic mass is 16.5. The molecule has 0 saturated heterocycles. The van der Waals surface area contributed by atoms with Gasteiger partial charge in [-0.2, -0.15) is 0 Å². The van der Waals surface area contributed by atoms with Crippen molar-refractivity contribution in [1.29, 1.82) is 0 Å². The number of benzene rings is 2. The van der Waals surface area contributed by atoms with Crippen LogP contribution in [0.25, 0.3) is 10.8 Å². The standard InChI is InChI=1S/C16H18O.2CNO/c1-11-7-5-9-15(13(11)3)17-16-10-6-8-12(2)14(16)4;2*2-1-3/h5-10H,1-4H3;;/q;2*-1. The molecule has 120 valence electrons. The zero-order valence-corrected chi connectivity index (χ0v) is 13.6. The predicted molar refractivity (Wildman–Crippen MR) is 90.0 cm³/mol. The minimum absolute atomic E-state index is 0.500. The third-order valence-corrected chi connectivity index (χ3v) is 3.33. The van der Waals surface area contributed by atoms with E-state index in [0.717, 1.165) is 11.5 Å². The lowest BCUT2D eigenvalue weighted by molar-refractivity contribution is 0.474. The van der Waals surface area contributed by atoms with Crippen LogP contribution in [0, 0.1) is 27.7 Å². The molecule has 0 aliphatic heterocycles. The first-order valence-electron chi connectivity index (χ1n) is 6.75. The van der Waals surface area contributed by atoms with Gasteiger partial charge >= 0.3 is 0 Å². The second-order valence-corrected chi connectivity index (χ2v) is 4.68. The van der Waals surface area contributed by atoms with Crippen LogP contribution in [0.2, 0.25) is 0 Å². The Labute approximate surface area is 135 Å². The summed E-state index contributed by atoms with van der Waals surface area (Å²) in [5.41, 5.74) is 4.92. The van der Waals surface area contributed by atoms with Crippen molar-refractivity contribution in [3.05, 3.63) is 69.5 Å². The summed E-state index contributed by atoms with van der Waals surface area (Å²) in [4.78, 5) is 16.5.